The summed E-state index contributed by atoms with van der Waals surface area (Å²) in [5, 5.41) is 11.5. The zero-order chi connectivity index (χ0) is 16.5. The zero-order valence-corrected chi connectivity index (χ0v) is 14.3. The largest absolute Gasteiger partial charge is 0.332 e. The number of nitrogens with one attached hydrogen (secondary N) is 1. The minimum atomic E-state index is 0.000402. The predicted molar refractivity (Wildman–Crippen MR) is 92.9 cm³/mol. The number of thiophene rings is 1. The van der Waals surface area contributed by atoms with Crippen LogP contribution >= 0.6 is 11.3 Å². The van der Waals surface area contributed by atoms with Gasteiger partial charge in [-0.25, -0.2) is 0 Å². The molecule has 24 heavy (non-hydrogen) atoms. The second-order valence-electron chi connectivity index (χ2n) is 6.10. The van der Waals surface area contributed by atoms with Gasteiger partial charge in [-0.05, 0) is 44.0 Å². The fourth-order valence-electron chi connectivity index (χ4n) is 3.20. The molecule has 1 atom stereocenters. The van der Waals surface area contributed by atoms with Gasteiger partial charge < -0.3 is 4.90 Å². The normalized spacial score (nSPS) is 17.5. The Hall–Kier alpha value is -2.41. The third-order valence-electron chi connectivity index (χ3n) is 4.40. The van der Waals surface area contributed by atoms with E-state index in [2.05, 4.69) is 34.4 Å². The lowest BCUT2D eigenvalue weighted by molar-refractivity contribution is 0.0715. The van der Waals surface area contributed by atoms with Crippen LogP contribution in [0.5, 0.6) is 0 Å². The molecule has 1 saturated heterocycles. The van der Waals surface area contributed by atoms with E-state index in [9.17, 15) is 4.79 Å². The highest BCUT2D eigenvalue weighted by molar-refractivity contribution is 7.15. The SMILES string of the molecule is Cc1ccc(-c2cc(C(=O)N3CCCC3Cn3cccn3)n[nH]2)s1. The highest BCUT2D eigenvalue weighted by Crippen LogP contribution is 2.27. The van der Waals surface area contributed by atoms with Gasteiger partial charge in [0, 0.05) is 23.8 Å². The first-order chi connectivity index (χ1) is 11.7. The van der Waals surface area contributed by atoms with E-state index in [0.29, 0.717) is 5.69 Å². The minimum Gasteiger partial charge on any atom is -0.332 e. The van der Waals surface area contributed by atoms with Gasteiger partial charge in [-0.3, -0.25) is 14.6 Å². The maximum atomic E-state index is 12.9. The molecule has 1 amide bonds. The second kappa shape index (κ2) is 6.24. The van der Waals surface area contributed by atoms with Crippen LogP contribution in [0, 0.1) is 6.92 Å². The third-order valence-corrected chi connectivity index (χ3v) is 5.43. The van der Waals surface area contributed by atoms with Gasteiger partial charge in [0.15, 0.2) is 5.69 Å². The van der Waals surface area contributed by atoms with E-state index in [1.165, 1.54) is 4.88 Å². The third kappa shape index (κ3) is 2.87. The number of hydrogen-bond acceptors (Lipinski definition) is 4. The molecule has 1 N–H and O–H groups in total. The molecular weight excluding hydrogens is 322 g/mol. The van der Waals surface area contributed by atoms with Crippen LogP contribution in [0.1, 0.15) is 28.2 Å². The molecule has 0 spiro atoms. The maximum Gasteiger partial charge on any atom is 0.274 e. The van der Waals surface area contributed by atoms with E-state index in [0.717, 1.165) is 36.5 Å². The Morgan fingerprint density at radius 1 is 1.46 bits per heavy atom. The van der Waals surface area contributed by atoms with Crippen molar-refractivity contribution in [3.8, 4) is 10.6 Å². The molecule has 0 saturated carbocycles. The van der Waals surface area contributed by atoms with Gasteiger partial charge in [0.1, 0.15) is 0 Å². The summed E-state index contributed by atoms with van der Waals surface area (Å²) in [5.41, 5.74) is 1.39. The van der Waals surface area contributed by atoms with Crippen LogP contribution in [0.4, 0.5) is 0 Å². The fourth-order valence-corrected chi connectivity index (χ4v) is 4.03. The molecule has 1 unspecified atom stereocenters. The summed E-state index contributed by atoms with van der Waals surface area (Å²) in [4.78, 5) is 17.1. The van der Waals surface area contributed by atoms with Crippen molar-refractivity contribution in [2.75, 3.05) is 6.54 Å². The minimum absolute atomic E-state index is 0.000402. The van der Waals surface area contributed by atoms with Crippen LogP contribution in [0.2, 0.25) is 0 Å². The molecule has 3 aromatic rings. The van der Waals surface area contributed by atoms with Crippen molar-refractivity contribution in [3.05, 3.63) is 47.2 Å². The number of carbonyl (C=O) groups is 1. The number of amides is 1. The Kier molecular flexibility index (Phi) is 3.93. The lowest BCUT2D eigenvalue weighted by Crippen LogP contribution is -2.38. The van der Waals surface area contributed by atoms with Gasteiger partial charge in [0.05, 0.1) is 23.2 Å². The van der Waals surface area contributed by atoms with Gasteiger partial charge in [-0.15, -0.1) is 11.3 Å². The molecule has 3 aromatic heterocycles. The highest BCUT2D eigenvalue weighted by atomic mass is 32.1. The van der Waals surface area contributed by atoms with Gasteiger partial charge in [-0.2, -0.15) is 10.2 Å². The zero-order valence-electron chi connectivity index (χ0n) is 13.5. The Morgan fingerprint density at radius 3 is 3.12 bits per heavy atom. The monoisotopic (exact) mass is 341 g/mol. The first-order valence-corrected chi connectivity index (χ1v) is 8.93. The number of rotatable bonds is 4. The molecule has 4 rings (SSSR count). The number of aromatic nitrogens is 4. The predicted octanol–water partition coefficient (Wildman–Crippen LogP) is 2.95. The standard InChI is InChI=1S/C17H19N5OS/c1-12-5-6-16(24-12)14-10-15(20-19-14)17(23)22-9-2-4-13(22)11-21-8-3-7-18-21/h3,5-8,10,13H,2,4,9,11H2,1H3,(H,19,20). The van der Waals surface area contributed by atoms with Crippen molar-refractivity contribution in [1.29, 1.82) is 0 Å². The summed E-state index contributed by atoms with van der Waals surface area (Å²) in [5.74, 6) is 0.000402. The summed E-state index contributed by atoms with van der Waals surface area (Å²) in [6.45, 7) is 3.59. The molecule has 0 aromatic carbocycles. The summed E-state index contributed by atoms with van der Waals surface area (Å²) >= 11 is 1.69. The van der Waals surface area contributed by atoms with Crippen LogP contribution < -0.4 is 0 Å². The Bertz CT molecular complexity index is 835. The number of carbonyl (C=O) groups excluding carboxylic acids is 1. The highest BCUT2D eigenvalue weighted by Gasteiger charge is 2.31. The van der Waals surface area contributed by atoms with Gasteiger partial charge in [-0.1, -0.05) is 0 Å². The van der Waals surface area contributed by atoms with E-state index in [1.54, 1.807) is 17.5 Å². The molecule has 1 fully saturated rings. The smallest absolute Gasteiger partial charge is 0.274 e. The van der Waals surface area contributed by atoms with Crippen LogP contribution in [-0.2, 0) is 6.54 Å². The molecule has 124 valence electrons. The lowest BCUT2D eigenvalue weighted by atomic mass is 10.2. The van der Waals surface area contributed by atoms with Crippen LogP contribution in [-0.4, -0.2) is 43.4 Å². The van der Waals surface area contributed by atoms with Crippen LogP contribution in [0.3, 0.4) is 0 Å². The van der Waals surface area contributed by atoms with Crippen molar-refractivity contribution in [3.63, 3.8) is 0 Å². The first-order valence-electron chi connectivity index (χ1n) is 8.11. The average Bonchev–Trinajstić information content (AvgIpc) is 3.35. The molecule has 1 aliphatic heterocycles. The summed E-state index contributed by atoms with van der Waals surface area (Å²) in [7, 11) is 0. The first kappa shape index (κ1) is 15.1. The lowest BCUT2D eigenvalue weighted by Gasteiger charge is -2.23. The molecule has 6 nitrogen and oxygen atoms in total. The molecule has 1 aliphatic rings. The molecule has 4 heterocycles. The number of likely N-dealkylation sites (tertiary alicyclic amines) is 1. The summed E-state index contributed by atoms with van der Waals surface area (Å²) in [6, 6.07) is 8.07. The van der Waals surface area contributed by atoms with Crippen LogP contribution in [0.15, 0.2) is 36.7 Å². The van der Waals surface area contributed by atoms with Crippen molar-refractivity contribution in [2.45, 2.75) is 32.4 Å². The van der Waals surface area contributed by atoms with Gasteiger partial charge >= 0.3 is 0 Å². The molecule has 0 radical (unpaired) electrons. The number of aryl methyl sites for hydroxylation is 1. The van der Waals surface area contributed by atoms with Gasteiger partial charge in [0.2, 0.25) is 0 Å². The maximum absolute atomic E-state index is 12.9. The van der Waals surface area contributed by atoms with E-state index >= 15 is 0 Å². The second-order valence-corrected chi connectivity index (χ2v) is 7.39. The number of aromatic amines is 1. The molecule has 7 heteroatoms. The fraction of sp³-hybridized carbons (Fsp3) is 0.353. The van der Waals surface area contributed by atoms with Gasteiger partial charge in [0.25, 0.3) is 5.91 Å². The quantitative estimate of drug-likeness (QED) is 0.793. The van der Waals surface area contributed by atoms with Crippen molar-refractivity contribution in [2.24, 2.45) is 0 Å². The summed E-state index contributed by atoms with van der Waals surface area (Å²) in [6.07, 6.45) is 5.74. The number of nitrogens with zero attached hydrogens (tertiary/aromatic N) is 4. The molecule has 0 bridgehead atoms. The molecular formula is C17H19N5OS. The van der Waals surface area contributed by atoms with Crippen molar-refractivity contribution >= 4 is 17.2 Å². The Labute approximate surface area is 144 Å². The van der Waals surface area contributed by atoms with E-state index in [-0.39, 0.29) is 11.9 Å². The van der Waals surface area contributed by atoms with E-state index < -0.39 is 0 Å². The Balaban J connectivity index is 1.51. The van der Waals surface area contributed by atoms with Crippen LogP contribution in [0.25, 0.3) is 10.6 Å². The van der Waals surface area contributed by atoms with E-state index in [1.807, 2.05) is 27.9 Å². The van der Waals surface area contributed by atoms with Crippen molar-refractivity contribution < 1.29 is 4.79 Å². The average molecular weight is 341 g/mol. The summed E-state index contributed by atoms with van der Waals surface area (Å²) < 4.78 is 1.89. The Morgan fingerprint density at radius 2 is 2.38 bits per heavy atom. The number of hydrogen-bond donors (Lipinski definition) is 1. The van der Waals surface area contributed by atoms with E-state index in [4.69, 9.17) is 0 Å². The topological polar surface area (TPSA) is 66.8 Å². The molecule has 0 aliphatic carbocycles. The number of H-pyrrole nitrogens is 1. The van der Waals surface area contributed by atoms with Crippen molar-refractivity contribution in [1.82, 2.24) is 24.9 Å².